The van der Waals surface area contributed by atoms with E-state index in [4.69, 9.17) is 11.5 Å². The number of hydrogen-bond acceptors (Lipinski definition) is 3. The molecule has 0 saturated carbocycles. The van der Waals surface area contributed by atoms with Crippen molar-refractivity contribution in [3.05, 3.63) is 28.8 Å². The second-order valence-electron chi connectivity index (χ2n) is 4.23. The van der Waals surface area contributed by atoms with Crippen LogP contribution < -0.4 is 11.5 Å². The Hall–Kier alpha value is -0.480. The molecule has 5 heteroatoms. The number of aryl methyl sites for hydroxylation is 1. The summed E-state index contributed by atoms with van der Waals surface area (Å²) in [5.74, 6) is 0.299. The van der Waals surface area contributed by atoms with Gasteiger partial charge in [-0.15, -0.1) is 24.8 Å². The van der Waals surface area contributed by atoms with Crippen molar-refractivity contribution in [1.82, 2.24) is 0 Å². The number of hydrogen-bond donors (Lipinski definition) is 3. The van der Waals surface area contributed by atoms with Crippen molar-refractivity contribution >= 4 is 24.8 Å². The molecule has 0 saturated heterocycles. The Morgan fingerprint density at radius 3 is 2.56 bits per heavy atom. The first-order valence-corrected chi connectivity index (χ1v) is 4.89. The minimum Gasteiger partial charge on any atom is -0.507 e. The fraction of sp³-hybridized carbons (Fsp3) is 0.455. The van der Waals surface area contributed by atoms with Gasteiger partial charge < -0.3 is 16.6 Å². The second kappa shape index (κ2) is 5.23. The van der Waals surface area contributed by atoms with Gasteiger partial charge in [-0.3, -0.25) is 0 Å². The number of fused-ring (bicyclic) bond motifs is 1. The first kappa shape index (κ1) is 15.5. The van der Waals surface area contributed by atoms with Gasteiger partial charge in [-0.05, 0) is 25.3 Å². The summed E-state index contributed by atoms with van der Waals surface area (Å²) in [5.41, 5.74) is 14.1. The van der Waals surface area contributed by atoms with Gasteiger partial charge in [-0.2, -0.15) is 0 Å². The number of phenolic OH excluding ortho intramolecular Hbond substituents is 1. The molecule has 92 valence electrons. The van der Waals surface area contributed by atoms with Crippen LogP contribution in [0.3, 0.4) is 0 Å². The predicted molar refractivity (Wildman–Crippen MR) is 70.4 cm³/mol. The summed E-state index contributed by atoms with van der Waals surface area (Å²) < 4.78 is 0. The molecule has 1 atom stereocenters. The summed E-state index contributed by atoms with van der Waals surface area (Å²) >= 11 is 0. The maximum Gasteiger partial charge on any atom is 0.125 e. The van der Waals surface area contributed by atoms with Crippen LogP contribution in [-0.4, -0.2) is 5.11 Å². The minimum absolute atomic E-state index is 0. The molecule has 0 aromatic heterocycles. The van der Waals surface area contributed by atoms with Gasteiger partial charge in [0.25, 0.3) is 0 Å². The average molecular weight is 265 g/mol. The first-order valence-electron chi connectivity index (χ1n) is 4.89. The molecule has 16 heavy (non-hydrogen) atoms. The quantitative estimate of drug-likeness (QED) is 0.725. The molecule has 3 nitrogen and oxygen atoms in total. The standard InChI is InChI=1S/C11H16N2O.2ClH/c1-11(13)5-4-7-2-3-8(6-12)10(14)9(7)11;;/h2-3,14H,4-6,12-13H2,1H3;2*1H. The Labute approximate surface area is 108 Å². The number of halogens is 2. The van der Waals surface area contributed by atoms with Gasteiger partial charge in [0.05, 0.1) is 0 Å². The molecule has 0 bridgehead atoms. The highest BCUT2D eigenvalue weighted by molar-refractivity contribution is 5.85. The van der Waals surface area contributed by atoms with Crippen molar-refractivity contribution in [3.8, 4) is 5.75 Å². The topological polar surface area (TPSA) is 72.3 Å². The molecule has 0 amide bonds. The molecule has 0 spiro atoms. The van der Waals surface area contributed by atoms with E-state index in [1.807, 2.05) is 19.1 Å². The third-order valence-corrected chi connectivity index (χ3v) is 3.05. The predicted octanol–water partition coefficient (Wildman–Crippen LogP) is 1.81. The molecule has 0 radical (unpaired) electrons. The smallest absolute Gasteiger partial charge is 0.125 e. The van der Waals surface area contributed by atoms with Crippen LogP contribution in [0.2, 0.25) is 0 Å². The zero-order valence-electron chi connectivity index (χ0n) is 9.19. The number of phenols is 1. The Kier molecular flexibility index (Phi) is 5.08. The SMILES string of the molecule is CC1(N)CCc2ccc(CN)c(O)c21.Cl.Cl. The normalized spacial score (nSPS) is 21.9. The molecule has 0 heterocycles. The van der Waals surface area contributed by atoms with Crippen molar-refractivity contribution in [2.24, 2.45) is 11.5 Å². The third kappa shape index (κ3) is 2.28. The Bertz CT molecular complexity index is 380. The van der Waals surface area contributed by atoms with Crippen LogP contribution in [0.5, 0.6) is 5.75 Å². The molecule has 0 fully saturated rings. The average Bonchev–Trinajstić information content (AvgIpc) is 2.43. The molecule has 2 rings (SSSR count). The van der Waals surface area contributed by atoms with Crippen LogP contribution in [0.15, 0.2) is 12.1 Å². The third-order valence-electron chi connectivity index (χ3n) is 3.05. The Morgan fingerprint density at radius 1 is 1.38 bits per heavy atom. The summed E-state index contributed by atoms with van der Waals surface area (Å²) in [4.78, 5) is 0. The molecule has 1 aliphatic carbocycles. The van der Waals surface area contributed by atoms with Crippen molar-refractivity contribution in [2.75, 3.05) is 0 Å². The lowest BCUT2D eigenvalue weighted by Crippen LogP contribution is -2.30. The first-order chi connectivity index (χ1) is 6.56. The van der Waals surface area contributed by atoms with Crippen LogP contribution in [0.4, 0.5) is 0 Å². The summed E-state index contributed by atoms with van der Waals surface area (Å²) in [5, 5.41) is 9.99. The van der Waals surface area contributed by atoms with Crippen molar-refractivity contribution in [1.29, 1.82) is 0 Å². The van der Waals surface area contributed by atoms with Crippen molar-refractivity contribution < 1.29 is 5.11 Å². The van der Waals surface area contributed by atoms with E-state index in [1.54, 1.807) is 0 Å². The molecule has 1 aliphatic rings. The highest BCUT2D eigenvalue weighted by Crippen LogP contribution is 2.41. The Balaban J connectivity index is 0.00000112. The number of aromatic hydroxyl groups is 1. The molecular weight excluding hydrogens is 247 g/mol. The summed E-state index contributed by atoms with van der Waals surface area (Å²) in [6, 6.07) is 3.91. The number of nitrogens with two attached hydrogens (primary N) is 2. The van der Waals surface area contributed by atoms with E-state index < -0.39 is 5.54 Å². The molecule has 1 unspecified atom stereocenters. The van der Waals surface area contributed by atoms with Crippen molar-refractivity contribution in [2.45, 2.75) is 31.8 Å². The maximum absolute atomic E-state index is 9.99. The summed E-state index contributed by atoms with van der Waals surface area (Å²) in [6.07, 6.45) is 1.84. The van der Waals surface area contributed by atoms with E-state index in [0.29, 0.717) is 12.3 Å². The molecule has 1 aromatic carbocycles. The maximum atomic E-state index is 9.99. The van der Waals surface area contributed by atoms with Gasteiger partial charge in [-0.25, -0.2) is 0 Å². The van der Waals surface area contributed by atoms with E-state index in [2.05, 4.69) is 0 Å². The largest absolute Gasteiger partial charge is 0.507 e. The van der Waals surface area contributed by atoms with Crippen LogP contribution >= 0.6 is 24.8 Å². The van der Waals surface area contributed by atoms with Gasteiger partial charge in [-0.1, -0.05) is 12.1 Å². The zero-order chi connectivity index (χ0) is 10.3. The van der Waals surface area contributed by atoms with E-state index in [9.17, 15) is 5.11 Å². The Morgan fingerprint density at radius 2 is 2.00 bits per heavy atom. The van der Waals surface area contributed by atoms with E-state index >= 15 is 0 Å². The fourth-order valence-corrected chi connectivity index (χ4v) is 2.21. The van der Waals surface area contributed by atoms with Gasteiger partial charge in [0.15, 0.2) is 0 Å². The van der Waals surface area contributed by atoms with E-state index in [1.165, 1.54) is 0 Å². The van der Waals surface area contributed by atoms with Crippen LogP contribution in [0, 0.1) is 0 Å². The monoisotopic (exact) mass is 264 g/mol. The zero-order valence-corrected chi connectivity index (χ0v) is 10.8. The van der Waals surface area contributed by atoms with Crippen LogP contribution in [0.1, 0.15) is 30.0 Å². The van der Waals surface area contributed by atoms with Gasteiger partial charge in [0, 0.05) is 23.2 Å². The van der Waals surface area contributed by atoms with Gasteiger partial charge in [0.2, 0.25) is 0 Å². The van der Waals surface area contributed by atoms with Gasteiger partial charge in [0.1, 0.15) is 5.75 Å². The lowest BCUT2D eigenvalue weighted by molar-refractivity contribution is 0.424. The highest BCUT2D eigenvalue weighted by Gasteiger charge is 2.33. The van der Waals surface area contributed by atoms with Crippen molar-refractivity contribution in [3.63, 3.8) is 0 Å². The molecule has 1 aromatic rings. The fourth-order valence-electron chi connectivity index (χ4n) is 2.21. The molecule has 0 aliphatic heterocycles. The van der Waals surface area contributed by atoms with E-state index in [0.717, 1.165) is 29.5 Å². The summed E-state index contributed by atoms with van der Waals surface area (Å²) in [6.45, 7) is 2.31. The van der Waals surface area contributed by atoms with Crippen LogP contribution in [-0.2, 0) is 18.5 Å². The molecular formula is C11H18Cl2N2O. The second-order valence-corrected chi connectivity index (χ2v) is 4.23. The minimum atomic E-state index is -0.398. The van der Waals surface area contributed by atoms with E-state index in [-0.39, 0.29) is 24.8 Å². The lowest BCUT2D eigenvalue weighted by atomic mass is 9.93. The van der Waals surface area contributed by atoms with Gasteiger partial charge >= 0.3 is 0 Å². The molecule has 5 N–H and O–H groups in total. The highest BCUT2D eigenvalue weighted by atomic mass is 35.5. The lowest BCUT2D eigenvalue weighted by Gasteiger charge is -2.21. The van der Waals surface area contributed by atoms with Crippen LogP contribution in [0.25, 0.3) is 0 Å². The summed E-state index contributed by atoms with van der Waals surface area (Å²) in [7, 11) is 0. The number of benzene rings is 1. The number of rotatable bonds is 1.